The first-order valence-corrected chi connectivity index (χ1v) is 8.94. The van der Waals surface area contributed by atoms with Crippen molar-refractivity contribution in [2.75, 3.05) is 0 Å². The van der Waals surface area contributed by atoms with E-state index in [1.807, 2.05) is 67.6 Å². The summed E-state index contributed by atoms with van der Waals surface area (Å²) in [5, 5.41) is 12.3. The molecule has 2 heterocycles. The van der Waals surface area contributed by atoms with Gasteiger partial charge >= 0.3 is 5.97 Å². The summed E-state index contributed by atoms with van der Waals surface area (Å²) < 4.78 is 12.4. The summed E-state index contributed by atoms with van der Waals surface area (Å²) >= 11 is 0. The smallest absolute Gasteiger partial charge is 0.357 e. The molecule has 2 aromatic carbocycles. The number of ether oxygens (including phenoxy) is 1. The van der Waals surface area contributed by atoms with Gasteiger partial charge in [-0.2, -0.15) is 5.10 Å². The molecule has 0 atom stereocenters. The molecule has 0 aliphatic heterocycles. The van der Waals surface area contributed by atoms with E-state index in [0.717, 1.165) is 11.3 Å². The van der Waals surface area contributed by atoms with Crippen LogP contribution in [-0.4, -0.2) is 25.9 Å². The molecular weight excluding hydrogens is 356 g/mol. The summed E-state index contributed by atoms with van der Waals surface area (Å²) in [5.41, 5.74) is 2.68. The van der Waals surface area contributed by atoms with Crippen molar-refractivity contribution in [1.29, 1.82) is 0 Å². The number of aromatic nitrogens is 4. The molecule has 4 rings (SSSR count). The Morgan fingerprint density at radius 2 is 1.68 bits per heavy atom. The molecule has 28 heavy (non-hydrogen) atoms. The van der Waals surface area contributed by atoms with Gasteiger partial charge in [0, 0.05) is 12.0 Å². The minimum absolute atomic E-state index is 0.0908. The van der Waals surface area contributed by atoms with E-state index >= 15 is 0 Å². The second-order valence-corrected chi connectivity index (χ2v) is 6.05. The topological polar surface area (TPSA) is 83.0 Å². The summed E-state index contributed by atoms with van der Waals surface area (Å²) in [6, 6.07) is 20.8. The Kier molecular flexibility index (Phi) is 4.97. The Labute approximate surface area is 161 Å². The third-order valence-electron chi connectivity index (χ3n) is 4.13. The Balaban J connectivity index is 1.64. The first kappa shape index (κ1) is 17.7. The Morgan fingerprint density at radius 1 is 1.00 bits per heavy atom. The SMILES string of the molecule is CCc1nnc(COC(=O)c2cc(-c3ccccc3)nn2-c2ccccc2)o1. The molecule has 0 spiro atoms. The highest BCUT2D eigenvalue weighted by Gasteiger charge is 2.20. The van der Waals surface area contributed by atoms with Crippen LogP contribution in [0.2, 0.25) is 0 Å². The fourth-order valence-electron chi connectivity index (χ4n) is 2.73. The largest absolute Gasteiger partial charge is 0.451 e. The number of benzene rings is 2. The number of hydrogen-bond donors (Lipinski definition) is 0. The van der Waals surface area contributed by atoms with Crippen molar-refractivity contribution in [1.82, 2.24) is 20.0 Å². The van der Waals surface area contributed by atoms with Crippen LogP contribution in [0.3, 0.4) is 0 Å². The second kappa shape index (κ2) is 7.87. The van der Waals surface area contributed by atoms with Gasteiger partial charge in [-0.25, -0.2) is 9.48 Å². The standard InChI is InChI=1S/C21H18N4O3/c1-2-19-22-23-20(28-19)14-27-21(26)18-13-17(15-9-5-3-6-10-15)24-25(18)16-11-7-4-8-12-16/h3-13H,2,14H2,1H3. The molecule has 0 bridgehead atoms. The molecule has 7 nitrogen and oxygen atoms in total. The quantitative estimate of drug-likeness (QED) is 0.477. The van der Waals surface area contributed by atoms with Gasteiger partial charge in [0.25, 0.3) is 5.89 Å². The predicted molar refractivity (Wildman–Crippen MR) is 102 cm³/mol. The molecule has 0 radical (unpaired) electrons. The van der Waals surface area contributed by atoms with Gasteiger partial charge in [-0.05, 0) is 18.2 Å². The van der Waals surface area contributed by atoms with E-state index in [1.54, 1.807) is 10.7 Å². The minimum atomic E-state index is -0.519. The van der Waals surface area contributed by atoms with E-state index in [4.69, 9.17) is 9.15 Å². The number of rotatable bonds is 6. The van der Waals surface area contributed by atoms with Crippen LogP contribution in [0, 0.1) is 0 Å². The first-order chi connectivity index (χ1) is 13.7. The average Bonchev–Trinajstić information content (AvgIpc) is 3.40. The highest BCUT2D eigenvalue weighted by molar-refractivity contribution is 5.89. The van der Waals surface area contributed by atoms with Gasteiger partial charge in [0.15, 0.2) is 12.3 Å². The molecule has 0 amide bonds. The third-order valence-corrected chi connectivity index (χ3v) is 4.13. The number of hydrogen-bond acceptors (Lipinski definition) is 6. The molecule has 0 saturated carbocycles. The summed E-state index contributed by atoms with van der Waals surface area (Å²) in [7, 11) is 0. The Bertz CT molecular complexity index is 1070. The third kappa shape index (κ3) is 3.68. The fourth-order valence-corrected chi connectivity index (χ4v) is 2.73. The van der Waals surface area contributed by atoms with Crippen LogP contribution in [0.1, 0.15) is 29.2 Å². The molecule has 0 aliphatic carbocycles. The van der Waals surface area contributed by atoms with Crippen molar-refractivity contribution in [3.05, 3.63) is 84.2 Å². The van der Waals surface area contributed by atoms with E-state index < -0.39 is 5.97 Å². The normalized spacial score (nSPS) is 10.8. The molecule has 4 aromatic rings. The zero-order valence-corrected chi connectivity index (χ0v) is 15.3. The van der Waals surface area contributed by atoms with Crippen LogP contribution in [0.15, 0.2) is 71.1 Å². The highest BCUT2D eigenvalue weighted by atomic mass is 16.5. The lowest BCUT2D eigenvalue weighted by atomic mass is 10.1. The van der Waals surface area contributed by atoms with Crippen LogP contribution < -0.4 is 0 Å². The van der Waals surface area contributed by atoms with Gasteiger partial charge in [-0.3, -0.25) is 0 Å². The first-order valence-electron chi connectivity index (χ1n) is 8.94. The molecular formula is C21H18N4O3. The molecule has 7 heteroatoms. The monoisotopic (exact) mass is 374 g/mol. The summed E-state index contributed by atoms with van der Waals surface area (Å²) in [6.45, 7) is 1.82. The summed E-state index contributed by atoms with van der Waals surface area (Å²) in [6.07, 6.45) is 0.627. The van der Waals surface area contributed by atoms with Crippen LogP contribution in [0.5, 0.6) is 0 Å². The number of esters is 1. The van der Waals surface area contributed by atoms with Gasteiger partial charge in [-0.15, -0.1) is 10.2 Å². The van der Waals surface area contributed by atoms with Crippen molar-refractivity contribution >= 4 is 5.97 Å². The number of carbonyl (C=O) groups is 1. The maximum absolute atomic E-state index is 12.8. The van der Waals surface area contributed by atoms with Crippen molar-refractivity contribution in [3.8, 4) is 16.9 Å². The molecule has 0 unspecified atom stereocenters. The maximum atomic E-state index is 12.8. The van der Waals surface area contributed by atoms with Crippen molar-refractivity contribution in [2.24, 2.45) is 0 Å². The maximum Gasteiger partial charge on any atom is 0.357 e. The predicted octanol–water partition coefficient (Wildman–Crippen LogP) is 3.84. The summed E-state index contributed by atoms with van der Waals surface area (Å²) in [4.78, 5) is 12.8. The van der Waals surface area contributed by atoms with Crippen molar-refractivity contribution < 1.29 is 13.9 Å². The molecule has 2 aromatic heterocycles. The lowest BCUT2D eigenvalue weighted by molar-refractivity contribution is 0.0426. The van der Waals surface area contributed by atoms with Gasteiger partial charge in [0.05, 0.1) is 11.4 Å². The van der Waals surface area contributed by atoms with Gasteiger partial charge in [-0.1, -0.05) is 55.5 Å². The summed E-state index contributed by atoms with van der Waals surface area (Å²) in [5.74, 6) is 0.251. The van der Waals surface area contributed by atoms with E-state index in [9.17, 15) is 4.79 Å². The lowest BCUT2D eigenvalue weighted by Gasteiger charge is -2.06. The number of carbonyl (C=O) groups excluding carboxylic acids is 1. The average molecular weight is 374 g/mol. The second-order valence-electron chi connectivity index (χ2n) is 6.05. The van der Waals surface area contributed by atoms with Gasteiger partial charge in [0.1, 0.15) is 0 Å². The molecule has 0 saturated heterocycles. The van der Waals surface area contributed by atoms with Crippen molar-refractivity contribution in [2.45, 2.75) is 20.0 Å². The zero-order chi connectivity index (χ0) is 19.3. The van der Waals surface area contributed by atoms with E-state index in [2.05, 4.69) is 15.3 Å². The van der Waals surface area contributed by atoms with Gasteiger partial charge < -0.3 is 9.15 Å². The molecule has 0 N–H and O–H groups in total. The molecule has 0 fully saturated rings. The minimum Gasteiger partial charge on any atom is -0.451 e. The fraction of sp³-hybridized carbons (Fsp3) is 0.143. The lowest BCUT2D eigenvalue weighted by Crippen LogP contribution is -2.12. The Hall–Kier alpha value is -3.74. The van der Waals surface area contributed by atoms with Crippen LogP contribution >= 0.6 is 0 Å². The van der Waals surface area contributed by atoms with E-state index in [-0.39, 0.29) is 12.5 Å². The van der Waals surface area contributed by atoms with Gasteiger partial charge in [0.2, 0.25) is 5.89 Å². The van der Waals surface area contributed by atoms with Crippen molar-refractivity contribution in [3.63, 3.8) is 0 Å². The number of para-hydroxylation sites is 1. The number of nitrogens with zero attached hydrogens (tertiary/aromatic N) is 4. The van der Waals surface area contributed by atoms with E-state index in [0.29, 0.717) is 23.7 Å². The zero-order valence-electron chi connectivity index (χ0n) is 15.3. The van der Waals surface area contributed by atoms with Crippen LogP contribution in [0.25, 0.3) is 16.9 Å². The Morgan fingerprint density at radius 3 is 2.36 bits per heavy atom. The van der Waals surface area contributed by atoms with Crippen LogP contribution in [-0.2, 0) is 17.8 Å². The number of aryl methyl sites for hydroxylation is 1. The highest BCUT2D eigenvalue weighted by Crippen LogP contribution is 2.22. The van der Waals surface area contributed by atoms with Crippen LogP contribution in [0.4, 0.5) is 0 Å². The molecule has 140 valence electrons. The molecule has 0 aliphatic rings. The van der Waals surface area contributed by atoms with E-state index in [1.165, 1.54) is 0 Å².